The summed E-state index contributed by atoms with van der Waals surface area (Å²) in [5, 5.41) is 3.44. The van der Waals surface area contributed by atoms with Crippen molar-refractivity contribution in [2.75, 3.05) is 6.54 Å². The summed E-state index contributed by atoms with van der Waals surface area (Å²) in [5.74, 6) is 0. The zero-order valence-corrected chi connectivity index (χ0v) is 13.7. The molecule has 0 aliphatic carbocycles. The van der Waals surface area contributed by atoms with E-state index in [2.05, 4.69) is 75.7 Å². The van der Waals surface area contributed by atoms with E-state index in [4.69, 9.17) is 0 Å². The molecule has 0 atom stereocenters. The molecule has 2 heteroatoms. The highest BCUT2D eigenvalue weighted by Gasteiger charge is 2.19. The van der Waals surface area contributed by atoms with E-state index in [0.29, 0.717) is 6.04 Å². The summed E-state index contributed by atoms with van der Waals surface area (Å²) in [6, 6.07) is 9.44. The quantitative estimate of drug-likeness (QED) is 0.757. The van der Waals surface area contributed by atoms with Crippen LogP contribution < -0.4 is 5.32 Å². The first-order valence-electron chi connectivity index (χ1n) is 7.50. The highest BCUT2D eigenvalue weighted by atomic mass is 15.2. The van der Waals surface area contributed by atoms with Crippen LogP contribution in [0.25, 0.3) is 0 Å². The smallest absolute Gasteiger partial charge is 0.0242 e. The van der Waals surface area contributed by atoms with E-state index in [1.54, 1.807) is 0 Å². The van der Waals surface area contributed by atoms with Gasteiger partial charge in [-0.1, -0.05) is 44.2 Å². The lowest BCUT2D eigenvalue weighted by Gasteiger charge is -2.35. The molecular weight excluding hydrogens is 244 g/mol. The molecule has 0 spiro atoms. The van der Waals surface area contributed by atoms with Crippen LogP contribution in [0.3, 0.4) is 0 Å². The average Bonchev–Trinajstić information content (AvgIpc) is 2.36. The van der Waals surface area contributed by atoms with Gasteiger partial charge >= 0.3 is 0 Å². The molecule has 1 aromatic rings. The van der Waals surface area contributed by atoms with Gasteiger partial charge in [-0.05, 0) is 31.9 Å². The number of hydrogen-bond donors (Lipinski definition) is 1. The lowest BCUT2D eigenvalue weighted by Crippen LogP contribution is -2.40. The summed E-state index contributed by atoms with van der Waals surface area (Å²) >= 11 is 0. The molecule has 0 saturated heterocycles. The first-order chi connectivity index (χ1) is 9.32. The van der Waals surface area contributed by atoms with E-state index in [1.807, 2.05) is 6.08 Å². The van der Waals surface area contributed by atoms with Crippen LogP contribution in [0.5, 0.6) is 0 Å². The van der Waals surface area contributed by atoms with Crippen molar-refractivity contribution in [3.8, 4) is 0 Å². The number of benzene rings is 1. The third-order valence-electron chi connectivity index (χ3n) is 3.41. The monoisotopic (exact) mass is 274 g/mol. The van der Waals surface area contributed by atoms with Crippen LogP contribution in [0.4, 0.5) is 0 Å². The molecule has 0 aromatic heterocycles. The zero-order valence-electron chi connectivity index (χ0n) is 13.7. The minimum Gasteiger partial charge on any atom is -0.310 e. The van der Waals surface area contributed by atoms with Crippen LogP contribution >= 0.6 is 0 Å². The van der Waals surface area contributed by atoms with Crippen LogP contribution in [0.15, 0.2) is 36.9 Å². The topological polar surface area (TPSA) is 15.3 Å². The second-order valence-electron chi connectivity index (χ2n) is 6.69. The Kier molecular flexibility index (Phi) is 6.44. The largest absolute Gasteiger partial charge is 0.310 e. The summed E-state index contributed by atoms with van der Waals surface area (Å²) in [6.07, 6.45) is 1.98. The van der Waals surface area contributed by atoms with E-state index in [1.165, 1.54) is 11.1 Å². The molecule has 2 nitrogen and oxygen atoms in total. The average molecular weight is 274 g/mol. The molecule has 1 aromatic carbocycles. The van der Waals surface area contributed by atoms with Crippen LogP contribution in [0, 0.1) is 0 Å². The number of rotatable bonds is 7. The van der Waals surface area contributed by atoms with Gasteiger partial charge in [0.1, 0.15) is 0 Å². The fourth-order valence-corrected chi connectivity index (χ4v) is 2.04. The second kappa shape index (κ2) is 7.61. The molecule has 0 heterocycles. The predicted octanol–water partition coefficient (Wildman–Crippen LogP) is 3.97. The van der Waals surface area contributed by atoms with E-state index < -0.39 is 0 Å². The minimum absolute atomic E-state index is 0.159. The molecular formula is C18H30N2. The first kappa shape index (κ1) is 16.9. The van der Waals surface area contributed by atoms with E-state index >= 15 is 0 Å². The number of nitrogens with zero attached hydrogens (tertiary/aromatic N) is 1. The Labute approximate surface area is 124 Å². The van der Waals surface area contributed by atoms with Crippen molar-refractivity contribution in [1.29, 1.82) is 0 Å². The first-order valence-corrected chi connectivity index (χ1v) is 7.50. The molecule has 0 unspecified atom stereocenters. The lowest BCUT2D eigenvalue weighted by atomic mass is 10.0. The maximum Gasteiger partial charge on any atom is 0.0242 e. The van der Waals surface area contributed by atoms with Crippen molar-refractivity contribution in [1.82, 2.24) is 10.2 Å². The Bertz CT molecular complexity index is 398. The summed E-state index contributed by atoms with van der Waals surface area (Å²) < 4.78 is 0. The van der Waals surface area contributed by atoms with Crippen molar-refractivity contribution in [2.24, 2.45) is 0 Å². The highest BCUT2D eigenvalue weighted by molar-refractivity contribution is 5.22. The Morgan fingerprint density at radius 3 is 2.15 bits per heavy atom. The Morgan fingerprint density at radius 1 is 1.15 bits per heavy atom. The lowest BCUT2D eigenvalue weighted by molar-refractivity contribution is 0.145. The normalized spacial score (nSPS) is 12.2. The third-order valence-corrected chi connectivity index (χ3v) is 3.41. The molecule has 0 fully saturated rings. The molecule has 0 radical (unpaired) electrons. The Balaban J connectivity index is 2.65. The van der Waals surface area contributed by atoms with E-state index in [-0.39, 0.29) is 5.54 Å². The van der Waals surface area contributed by atoms with Crippen molar-refractivity contribution in [3.63, 3.8) is 0 Å². The molecule has 0 bridgehead atoms. The fourth-order valence-electron chi connectivity index (χ4n) is 2.04. The summed E-state index contributed by atoms with van der Waals surface area (Å²) in [4.78, 5) is 2.43. The van der Waals surface area contributed by atoms with Gasteiger partial charge in [0.05, 0.1) is 0 Å². The number of hydrogen-bond acceptors (Lipinski definition) is 2. The molecule has 0 saturated carbocycles. The molecule has 1 rings (SSSR count). The van der Waals surface area contributed by atoms with Gasteiger partial charge in [0.25, 0.3) is 0 Å². The van der Waals surface area contributed by atoms with Crippen LogP contribution in [0.2, 0.25) is 0 Å². The maximum absolute atomic E-state index is 3.86. The summed E-state index contributed by atoms with van der Waals surface area (Å²) in [5.41, 5.74) is 2.86. The Hall–Kier alpha value is -1.12. The fraction of sp³-hybridized carbons (Fsp3) is 0.556. The van der Waals surface area contributed by atoms with Crippen molar-refractivity contribution < 1.29 is 0 Å². The highest BCUT2D eigenvalue weighted by Crippen LogP contribution is 2.17. The van der Waals surface area contributed by atoms with Crippen molar-refractivity contribution >= 4 is 0 Å². The van der Waals surface area contributed by atoms with Crippen LogP contribution in [0.1, 0.15) is 45.7 Å². The zero-order chi connectivity index (χ0) is 15.2. The summed E-state index contributed by atoms with van der Waals surface area (Å²) in [6.45, 7) is 17.8. The van der Waals surface area contributed by atoms with Gasteiger partial charge in [-0.25, -0.2) is 0 Å². The van der Waals surface area contributed by atoms with Gasteiger partial charge in [-0.15, -0.1) is 6.58 Å². The SMILES string of the molecule is C=CCN(Cc1ccc(CNC(C)C)cc1)C(C)(C)C. The summed E-state index contributed by atoms with van der Waals surface area (Å²) in [7, 11) is 0. The molecule has 1 N–H and O–H groups in total. The van der Waals surface area contributed by atoms with Crippen LogP contribution in [-0.4, -0.2) is 23.0 Å². The van der Waals surface area contributed by atoms with Gasteiger partial charge < -0.3 is 5.32 Å². The predicted molar refractivity (Wildman–Crippen MR) is 88.8 cm³/mol. The molecule has 0 amide bonds. The van der Waals surface area contributed by atoms with Crippen LogP contribution in [-0.2, 0) is 13.1 Å². The molecule has 20 heavy (non-hydrogen) atoms. The van der Waals surface area contributed by atoms with Gasteiger partial charge in [-0.2, -0.15) is 0 Å². The molecule has 112 valence electrons. The van der Waals surface area contributed by atoms with E-state index in [0.717, 1.165) is 19.6 Å². The molecule has 0 aliphatic heterocycles. The third kappa shape index (κ3) is 5.89. The minimum atomic E-state index is 0.159. The van der Waals surface area contributed by atoms with Gasteiger partial charge in [0, 0.05) is 31.2 Å². The van der Waals surface area contributed by atoms with Crippen molar-refractivity contribution in [3.05, 3.63) is 48.0 Å². The standard InChI is InChI=1S/C18H30N2/c1-7-12-20(18(4,5)6)14-17-10-8-16(9-11-17)13-19-15(2)3/h7-11,15,19H,1,12-14H2,2-6H3. The second-order valence-corrected chi connectivity index (χ2v) is 6.69. The van der Waals surface area contributed by atoms with E-state index in [9.17, 15) is 0 Å². The molecule has 0 aliphatic rings. The van der Waals surface area contributed by atoms with Gasteiger partial charge in [-0.3, -0.25) is 4.90 Å². The van der Waals surface area contributed by atoms with Gasteiger partial charge in [0.2, 0.25) is 0 Å². The number of nitrogens with one attached hydrogen (secondary N) is 1. The van der Waals surface area contributed by atoms with Crippen molar-refractivity contribution in [2.45, 2.75) is 59.3 Å². The van der Waals surface area contributed by atoms with Gasteiger partial charge in [0.15, 0.2) is 0 Å². The Morgan fingerprint density at radius 2 is 1.70 bits per heavy atom. The maximum atomic E-state index is 3.86.